The van der Waals surface area contributed by atoms with Crippen LogP contribution in [0.25, 0.3) is 0 Å². The van der Waals surface area contributed by atoms with Crippen molar-refractivity contribution in [3.8, 4) is 11.5 Å². The van der Waals surface area contributed by atoms with Crippen LogP contribution in [0.15, 0.2) is 114 Å². The van der Waals surface area contributed by atoms with Crippen LogP contribution >= 0.6 is 0 Å². The van der Waals surface area contributed by atoms with Gasteiger partial charge in [0.2, 0.25) is 0 Å². The molecular formula is C30H26N2O5. The highest BCUT2D eigenvalue weighted by molar-refractivity contribution is 5.92. The first-order valence-electron chi connectivity index (χ1n) is 11.7. The predicted octanol–water partition coefficient (Wildman–Crippen LogP) is 4.69. The van der Waals surface area contributed by atoms with Crippen LogP contribution in [0.4, 0.5) is 0 Å². The summed E-state index contributed by atoms with van der Waals surface area (Å²) < 4.78 is 11.2. The predicted molar refractivity (Wildman–Crippen MR) is 141 cm³/mol. The van der Waals surface area contributed by atoms with E-state index in [4.69, 9.17) is 9.47 Å². The number of carbonyl (C=O) groups excluding carboxylic acids is 2. The molecule has 0 saturated carbocycles. The molecule has 7 heteroatoms. The number of aliphatic hydroxyl groups is 1. The first-order chi connectivity index (χ1) is 18.0. The van der Waals surface area contributed by atoms with Gasteiger partial charge in [0, 0.05) is 0 Å². The van der Waals surface area contributed by atoms with Gasteiger partial charge in [0.1, 0.15) is 0 Å². The van der Waals surface area contributed by atoms with E-state index in [0.717, 1.165) is 0 Å². The van der Waals surface area contributed by atoms with Crippen LogP contribution < -0.4 is 14.9 Å². The van der Waals surface area contributed by atoms with E-state index >= 15 is 0 Å². The molecule has 0 spiro atoms. The Morgan fingerprint density at radius 2 is 1.41 bits per heavy atom. The quantitative estimate of drug-likeness (QED) is 0.152. The Kier molecular flexibility index (Phi) is 8.08. The van der Waals surface area contributed by atoms with Crippen LogP contribution in [-0.4, -0.2) is 29.8 Å². The van der Waals surface area contributed by atoms with Crippen LogP contribution in [-0.2, 0) is 10.4 Å². The van der Waals surface area contributed by atoms with Crippen molar-refractivity contribution in [1.82, 2.24) is 5.43 Å². The summed E-state index contributed by atoms with van der Waals surface area (Å²) in [7, 11) is 0. The minimum Gasteiger partial charge on any atom is -0.490 e. The fourth-order valence-corrected chi connectivity index (χ4v) is 3.72. The third-order valence-electron chi connectivity index (χ3n) is 5.57. The number of nitrogens with zero attached hydrogens (tertiary/aromatic N) is 1. The van der Waals surface area contributed by atoms with Gasteiger partial charge >= 0.3 is 5.97 Å². The molecule has 0 aliphatic heterocycles. The van der Waals surface area contributed by atoms with Crippen molar-refractivity contribution in [2.75, 3.05) is 6.61 Å². The Morgan fingerprint density at radius 3 is 1.97 bits per heavy atom. The Hall–Kier alpha value is -4.75. The molecule has 4 rings (SSSR count). The van der Waals surface area contributed by atoms with Crippen molar-refractivity contribution in [1.29, 1.82) is 0 Å². The zero-order valence-corrected chi connectivity index (χ0v) is 20.2. The van der Waals surface area contributed by atoms with E-state index in [1.54, 1.807) is 91.0 Å². The Bertz CT molecular complexity index is 1330. The second kappa shape index (κ2) is 11.8. The van der Waals surface area contributed by atoms with Gasteiger partial charge in [-0.2, -0.15) is 5.10 Å². The molecule has 0 radical (unpaired) electrons. The standard InChI is InChI=1S/C30H26N2O5/c1-2-36-27-20-22(18-19-26(27)37-28(33)23-12-6-3-7-13-23)21-31-32-29(34)30(35,24-14-8-4-9-15-24)25-16-10-5-11-17-25/h3-21,35H,2H2,1H3,(H,32,34)/b31-21-. The summed E-state index contributed by atoms with van der Waals surface area (Å²) in [4.78, 5) is 25.6. The summed E-state index contributed by atoms with van der Waals surface area (Å²) in [6.45, 7) is 2.17. The van der Waals surface area contributed by atoms with Gasteiger partial charge < -0.3 is 14.6 Å². The van der Waals surface area contributed by atoms with Crippen LogP contribution in [0.5, 0.6) is 11.5 Å². The largest absolute Gasteiger partial charge is 0.490 e. The summed E-state index contributed by atoms with van der Waals surface area (Å²) in [6.07, 6.45) is 1.42. The molecule has 7 nitrogen and oxygen atoms in total. The summed E-state index contributed by atoms with van der Waals surface area (Å²) >= 11 is 0. The van der Waals surface area contributed by atoms with Crippen molar-refractivity contribution in [2.24, 2.45) is 5.10 Å². The molecule has 186 valence electrons. The smallest absolute Gasteiger partial charge is 0.343 e. The molecule has 0 bridgehead atoms. The number of esters is 1. The SMILES string of the molecule is CCOc1cc(/C=N\NC(=O)C(O)(c2ccccc2)c2ccccc2)ccc1OC(=O)c1ccccc1. The molecule has 0 atom stereocenters. The molecule has 0 fully saturated rings. The molecule has 0 unspecified atom stereocenters. The first kappa shape index (κ1) is 25.3. The van der Waals surface area contributed by atoms with Gasteiger partial charge in [-0.15, -0.1) is 0 Å². The van der Waals surface area contributed by atoms with Crippen molar-refractivity contribution >= 4 is 18.1 Å². The topological polar surface area (TPSA) is 97.2 Å². The number of hydrogen-bond acceptors (Lipinski definition) is 6. The maximum absolute atomic E-state index is 13.2. The number of ether oxygens (including phenoxy) is 2. The lowest BCUT2D eigenvalue weighted by Gasteiger charge is -2.27. The van der Waals surface area contributed by atoms with Gasteiger partial charge in [0.05, 0.1) is 18.4 Å². The Morgan fingerprint density at radius 1 is 0.838 bits per heavy atom. The molecule has 0 heterocycles. The average molecular weight is 495 g/mol. The second-order valence-corrected chi connectivity index (χ2v) is 8.04. The first-order valence-corrected chi connectivity index (χ1v) is 11.7. The van der Waals surface area contributed by atoms with Crippen molar-refractivity contribution in [3.63, 3.8) is 0 Å². The number of amides is 1. The number of hydrazone groups is 1. The van der Waals surface area contributed by atoms with Crippen molar-refractivity contribution in [3.05, 3.63) is 131 Å². The summed E-state index contributed by atoms with van der Waals surface area (Å²) in [6, 6.07) is 30.9. The molecular weight excluding hydrogens is 468 g/mol. The zero-order chi connectivity index (χ0) is 26.1. The molecule has 2 N–H and O–H groups in total. The normalized spacial score (nSPS) is 11.2. The average Bonchev–Trinajstić information content (AvgIpc) is 2.95. The van der Waals surface area contributed by atoms with Gasteiger partial charge in [-0.25, -0.2) is 10.2 Å². The highest BCUT2D eigenvalue weighted by Gasteiger charge is 2.39. The third kappa shape index (κ3) is 5.91. The maximum atomic E-state index is 13.2. The van der Waals surface area contributed by atoms with Crippen molar-refractivity contribution in [2.45, 2.75) is 12.5 Å². The lowest BCUT2D eigenvalue weighted by Crippen LogP contribution is -2.43. The zero-order valence-electron chi connectivity index (χ0n) is 20.2. The molecule has 0 aliphatic carbocycles. The highest BCUT2D eigenvalue weighted by atomic mass is 16.6. The van der Waals surface area contributed by atoms with Gasteiger partial charge in [0.25, 0.3) is 5.91 Å². The van der Waals surface area contributed by atoms with Crippen LogP contribution in [0.3, 0.4) is 0 Å². The third-order valence-corrected chi connectivity index (χ3v) is 5.57. The van der Waals surface area contributed by atoms with E-state index in [9.17, 15) is 14.7 Å². The summed E-state index contributed by atoms with van der Waals surface area (Å²) in [5, 5.41) is 15.5. The summed E-state index contributed by atoms with van der Waals surface area (Å²) in [5.41, 5.74) is 2.34. The van der Waals surface area contributed by atoms with E-state index in [1.807, 2.05) is 25.1 Å². The minimum atomic E-state index is -1.94. The molecule has 1 amide bonds. The summed E-state index contributed by atoms with van der Waals surface area (Å²) in [5.74, 6) is -0.595. The van der Waals surface area contributed by atoms with Gasteiger partial charge in [-0.3, -0.25) is 4.79 Å². The van der Waals surface area contributed by atoms with E-state index in [-0.39, 0.29) is 5.75 Å². The van der Waals surface area contributed by atoms with Crippen molar-refractivity contribution < 1.29 is 24.2 Å². The van der Waals surface area contributed by atoms with Gasteiger partial charge in [-0.05, 0) is 53.9 Å². The van der Waals surface area contributed by atoms with Gasteiger partial charge in [-0.1, -0.05) is 78.9 Å². The van der Waals surface area contributed by atoms with E-state index in [2.05, 4.69) is 10.5 Å². The number of benzene rings is 4. The maximum Gasteiger partial charge on any atom is 0.343 e. The molecule has 37 heavy (non-hydrogen) atoms. The lowest BCUT2D eigenvalue weighted by atomic mass is 9.85. The monoisotopic (exact) mass is 494 g/mol. The van der Waals surface area contributed by atoms with E-state index in [1.165, 1.54) is 6.21 Å². The van der Waals surface area contributed by atoms with Crippen LogP contribution in [0.2, 0.25) is 0 Å². The fourth-order valence-electron chi connectivity index (χ4n) is 3.72. The fraction of sp³-hybridized carbons (Fsp3) is 0.100. The Balaban J connectivity index is 1.53. The van der Waals surface area contributed by atoms with E-state index < -0.39 is 17.5 Å². The molecule has 0 saturated heterocycles. The highest BCUT2D eigenvalue weighted by Crippen LogP contribution is 2.30. The molecule has 0 aromatic heterocycles. The molecule has 0 aliphatic rings. The number of nitrogens with one attached hydrogen (secondary N) is 1. The second-order valence-electron chi connectivity index (χ2n) is 8.04. The Labute approximate surface area is 215 Å². The van der Waals surface area contributed by atoms with Gasteiger partial charge in [0.15, 0.2) is 17.1 Å². The van der Waals surface area contributed by atoms with E-state index in [0.29, 0.717) is 34.6 Å². The van der Waals surface area contributed by atoms with Crippen LogP contribution in [0, 0.1) is 0 Å². The minimum absolute atomic E-state index is 0.263. The van der Waals surface area contributed by atoms with Crippen LogP contribution in [0.1, 0.15) is 34.0 Å². The lowest BCUT2D eigenvalue weighted by molar-refractivity contribution is -0.136. The number of carbonyl (C=O) groups is 2. The molecule has 4 aromatic carbocycles. The number of hydrogen-bond donors (Lipinski definition) is 2. The molecule has 4 aromatic rings. The number of rotatable bonds is 9.